The van der Waals surface area contributed by atoms with Crippen molar-refractivity contribution < 1.29 is 9.90 Å². The number of hydrogen-bond donors (Lipinski definition) is 2. The van der Waals surface area contributed by atoms with Crippen LogP contribution in [0.2, 0.25) is 5.02 Å². The molecule has 1 saturated heterocycles. The lowest BCUT2D eigenvalue weighted by atomic mass is 10.1. The third kappa shape index (κ3) is 2.36. The fourth-order valence-electron chi connectivity index (χ4n) is 2.23. The molecule has 0 aromatic heterocycles. The van der Waals surface area contributed by atoms with Crippen LogP contribution in [-0.2, 0) is 0 Å². The monoisotopic (exact) mass is 268 g/mol. The zero-order chi connectivity index (χ0) is 13.3. The van der Waals surface area contributed by atoms with Crippen molar-refractivity contribution in [1.82, 2.24) is 10.2 Å². The van der Waals surface area contributed by atoms with Gasteiger partial charge in [0.25, 0.3) is 5.91 Å². The summed E-state index contributed by atoms with van der Waals surface area (Å²) in [5, 5.41) is 13.4. The van der Waals surface area contributed by atoms with Crippen molar-refractivity contribution in [2.24, 2.45) is 0 Å². The Labute approximate surface area is 112 Å². The maximum absolute atomic E-state index is 12.4. The van der Waals surface area contributed by atoms with Gasteiger partial charge in [-0.3, -0.25) is 4.79 Å². The molecule has 98 valence electrons. The van der Waals surface area contributed by atoms with E-state index in [9.17, 15) is 9.90 Å². The number of aliphatic hydroxyl groups excluding tert-OH is 1. The lowest BCUT2D eigenvalue weighted by Gasteiger charge is -2.27. The van der Waals surface area contributed by atoms with Gasteiger partial charge in [0.1, 0.15) is 0 Å². The molecule has 0 saturated carbocycles. The Bertz CT molecular complexity index is 464. The minimum atomic E-state index is -0.515. The number of aliphatic hydroxyl groups is 1. The lowest BCUT2D eigenvalue weighted by Crippen LogP contribution is -2.44. The van der Waals surface area contributed by atoms with Crippen LogP contribution in [0.3, 0.4) is 0 Å². The lowest BCUT2D eigenvalue weighted by molar-refractivity contribution is 0.0580. The van der Waals surface area contributed by atoms with Crippen LogP contribution in [0, 0.1) is 6.92 Å². The second-order valence-electron chi connectivity index (χ2n) is 4.62. The van der Waals surface area contributed by atoms with Crippen molar-refractivity contribution in [2.45, 2.75) is 19.1 Å². The molecular weight excluding hydrogens is 252 g/mol. The number of likely N-dealkylation sites (N-methyl/N-ethyl adjacent to an activating group) is 1. The Morgan fingerprint density at radius 3 is 2.83 bits per heavy atom. The molecule has 1 heterocycles. The molecule has 1 amide bonds. The number of carbonyl (C=O) groups is 1. The molecule has 0 bridgehead atoms. The molecule has 2 rings (SSSR count). The predicted octanol–water partition coefficient (Wildman–Crippen LogP) is 1.05. The molecule has 1 aromatic rings. The fraction of sp³-hybridized carbons (Fsp3) is 0.462. The highest BCUT2D eigenvalue weighted by Gasteiger charge is 2.32. The third-order valence-electron chi connectivity index (χ3n) is 3.47. The van der Waals surface area contributed by atoms with Gasteiger partial charge in [0.05, 0.1) is 12.1 Å². The van der Waals surface area contributed by atoms with Crippen molar-refractivity contribution in [3.8, 4) is 0 Å². The average Bonchev–Trinajstić information content (AvgIpc) is 2.77. The Kier molecular flexibility index (Phi) is 3.90. The van der Waals surface area contributed by atoms with Gasteiger partial charge in [-0.05, 0) is 24.6 Å². The highest BCUT2D eigenvalue weighted by molar-refractivity contribution is 6.31. The molecule has 1 fully saturated rings. The first-order valence-corrected chi connectivity index (χ1v) is 6.31. The molecule has 0 aliphatic carbocycles. The Balaban J connectivity index is 2.23. The summed E-state index contributed by atoms with van der Waals surface area (Å²) in [6.07, 6.45) is -0.515. The molecular formula is C13H17ClN2O2. The molecule has 4 nitrogen and oxygen atoms in total. The molecule has 2 N–H and O–H groups in total. The van der Waals surface area contributed by atoms with Gasteiger partial charge in [-0.15, -0.1) is 0 Å². The topological polar surface area (TPSA) is 52.6 Å². The van der Waals surface area contributed by atoms with E-state index in [4.69, 9.17) is 11.6 Å². The first kappa shape index (κ1) is 13.3. The van der Waals surface area contributed by atoms with E-state index >= 15 is 0 Å². The maximum atomic E-state index is 12.4. The molecule has 2 atom stereocenters. The second-order valence-corrected chi connectivity index (χ2v) is 5.03. The van der Waals surface area contributed by atoms with Gasteiger partial charge in [0.15, 0.2) is 0 Å². The minimum Gasteiger partial charge on any atom is -0.390 e. The quantitative estimate of drug-likeness (QED) is 0.843. The summed E-state index contributed by atoms with van der Waals surface area (Å²) in [7, 11) is 1.71. The van der Waals surface area contributed by atoms with Gasteiger partial charge in [0.2, 0.25) is 0 Å². The van der Waals surface area contributed by atoms with Crippen molar-refractivity contribution in [3.63, 3.8) is 0 Å². The van der Waals surface area contributed by atoms with Crippen LogP contribution in [0.4, 0.5) is 0 Å². The summed E-state index contributed by atoms with van der Waals surface area (Å²) in [6.45, 7) is 2.96. The zero-order valence-corrected chi connectivity index (χ0v) is 11.2. The van der Waals surface area contributed by atoms with Crippen molar-refractivity contribution in [3.05, 3.63) is 34.3 Å². The first-order valence-electron chi connectivity index (χ1n) is 5.93. The summed E-state index contributed by atoms with van der Waals surface area (Å²) in [5.41, 5.74) is 1.36. The van der Waals surface area contributed by atoms with Crippen LogP contribution >= 0.6 is 11.6 Å². The van der Waals surface area contributed by atoms with Gasteiger partial charge in [-0.2, -0.15) is 0 Å². The highest BCUT2D eigenvalue weighted by Crippen LogP contribution is 2.21. The number of carbonyl (C=O) groups excluding carboxylic acids is 1. The molecule has 5 heteroatoms. The van der Waals surface area contributed by atoms with E-state index in [1.54, 1.807) is 30.1 Å². The zero-order valence-electron chi connectivity index (χ0n) is 10.5. The van der Waals surface area contributed by atoms with Crippen LogP contribution in [0.25, 0.3) is 0 Å². The largest absolute Gasteiger partial charge is 0.390 e. The number of β-amino-alcohol motifs (C(OH)–C–C–N with tert-alkyl or cyclic N) is 1. The van der Waals surface area contributed by atoms with Crippen LogP contribution in [0.15, 0.2) is 18.2 Å². The summed E-state index contributed by atoms with van der Waals surface area (Å²) in [6, 6.07) is 5.10. The number of nitrogens with zero attached hydrogens (tertiary/aromatic N) is 1. The van der Waals surface area contributed by atoms with Crippen LogP contribution in [0.5, 0.6) is 0 Å². The van der Waals surface area contributed by atoms with E-state index in [2.05, 4.69) is 5.32 Å². The molecule has 0 spiro atoms. The van der Waals surface area contributed by atoms with Gasteiger partial charge in [-0.1, -0.05) is 17.7 Å². The molecule has 0 radical (unpaired) electrons. The first-order chi connectivity index (χ1) is 8.52. The summed E-state index contributed by atoms with van der Waals surface area (Å²) in [5.74, 6) is -0.109. The number of halogens is 1. The summed E-state index contributed by atoms with van der Waals surface area (Å²) >= 11 is 6.02. The van der Waals surface area contributed by atoms with Gasteiger partial charge < -0.3 is 15.3 Å². The minimum absolute atomic E-state index is 0.109. The van der Waals surface area contributed by atoms with E-state index in [-0.39, 0.29) is 11.9 Å². The van der Waals surface area contributed by atoms with Crippen molar-refractivity contribution >= 4 is 17.5 Å². The van der Waals surface area contributed by atoms with Gasteiger partial charge >= 0.3 is 0 Å². The standard InChI is InChI=1S/C13H17ClN2O2/c1-8-9(4-3-5-10(8)14)13(18)16(2)11-6-15-7-12(11)17/h3-5,11-12,15,17H,6-7H2,1-2H3/t11-,12-/m0/s1. The molecule has 18 heavy (non-hydrogen) atoms. The Morgan fingerprint density at radius 2 is 2.22 bits per heavy atom. The number of amides is 1. The molecule has 1 aliphatic heterocycles. The average molecular weight is 269 g/mol. The molecule has 1 aromatic carbocycles. The van der Waals surface area contributed by atoms with Crippen molar-refractivity contribution in [1.29, 1.82) is 0 Å². The van der Waals surface area contributed by atoms with Gasteiger partial charge in [0, 0.05) is 30.7 Å². The Hall–Kier alpha value is -1.10. The highest BCUT2D eigenvalue weighted by atomic mass is 35.5. The van der Waals surface area contributed by atoms with E-state index in [0.717, 1.165) is 5.56 Å². The van der Waals surface area contributed by atoms with Crippen LogP contribution in [-0.4, -0.2) is 48.2 Å². The van der Waals surface area contributed by atoms with E-state index in [1.165, 1.54) is 0 Å². The second kappa shape index (κ2) is 5.26. The van der Waals surface area contributed by atoms with Crippen LogP contribution < -0.4 is 5.32 Å². The number of nitrogens with one attached hydrogen (secondary N) is 1. The Morgan fingerprint density at radius 1 is 1.50 bits per heavy atom. The smallest absolute Gasteiger partial charge is 0.254 e. The normalized spacial score (nSPS) is 23.1. The number of benzene rings is 1. The maximum Gasteiger partial charge on any atom is 0.254 e. The van der Waals surface area contributed by atoms with Crippen LogP contribution in [0.1, 0.15) is 15.9 Å². The van der Waals surface area contributed by atoms with E-state index in [0.29, 0.717) is 23.7 Å². The van der Waals surface area contributed by atoms with Crippen molar-refractivity contribution in [2.75, 3.05) is 20.1 Å². The summed E-state index contributed by atoms with van der Waals surface area (Å²) in [4.78, 5) is 14.0. The third-order valence-corrected chi connectivity index (χ3v) is 3.88. The number of hydrogen-bond acceptors (Lipinski definition) is 3. The van der Waals surface area contributed by atoms with E-state index in [1.807, 2.05) is 6.92 Å². The predicted molar refractivity (Wildman–Crippen MR) is 70.9 cm³/mol. The fourth-order valence-corrected chi connectivity index (χ4v) is 2.40. The van der Waals surface area contributed by atoms with E-state index < -0.39 is 6.10 Å². The molecule has 1 aliphatic rings. The number of rotatable bonds is 2. The summed E-state index contributed by atoms with van der Waals surface area (Å²) < 4.78 is 0. The molecule has 0 unspecified atom stereocenters. The van der Waals surface area contributed by atoms with Gasteiger partial charge in [-0.25, -0.2) is 0 Å². The SMILES string of the molecule is Cc1c(Cl)cccc1C(=O)N(C)[C@H]1CNC[C@@H]1O.